The highest BCUT2D eigenvalue weighted by Crippen LogP contribution is 2.41. The van der Waals surface area contributed by atoms with Crippen molar-refractivity contribution in [1.82, 2.24) is 9.97 Å². The van der Waals surface area contributed by atoms with Crippen molar-refractivity contribution in [2.45, 2.75) is 20.3 Å². The van der Waals surface area contributed by atoms with Crippen LogP contribution in [0, 0.1) is 6.92 Å². The lowest BCUT2D eigenvalue weighted by Crippen LogP contribution is -2.09. The summed E-state index contributed by atoms with van der Waals surface area (Å²) in [6.45, 7) is 4.18. The lowest BCUT2D eigenvalue weighted by atomic mass is 9.93. The highest BCUT2D eigenvalue weighted by Gasteiger charge is 2.20. The number of hydrogen-bond donors (Lipinski definition) is 0. The summed E-state index contributed by atoms with van der Waals surface area (Å²) in [6.07, 6.45) is 0.212. The van der Waals surface area contributed by atoms with Gasteiger partial charge in [-0.2, -0.15) is 0 Å². The Morgan fingerprint density at radius 1 is 1.21 bits per heavy atom. The van der Waals surface area contributed by atoms with Crippen LogP contribution in [0.5, 0.6) is 0 Å². The molecule has 2 aromatic carbocycles. The van der Waals surface area contributed by atoms with Gasteiger partial charge in [-0.1, -0.05) is 23.7 Å². The van der Waals surface area contributed by atoms with Crippen molar-refractivity contribution in [3.05, 3.63) is 56.5 Å². The number of thiazole rings is 2. The predicted molar refractivity (Wildman–Crippen MR) is 124 cm³/mol. The number of ether oxygens (including phenoxy) is 1. The summed E-state index contributed by atoms with van der Waals surface area (Å²) in [5, 5.41) is 4.34. The SMILES string of the molecule is CCOC(=O)Cc1c(C)cc2nc(-c3nc(Br)cs3)sc2c1-c1ccc(Cl)cc1. The first-order valence-corrected chi connectivity index (χ1v) is 11.8. The minimum Gasteiger partial charge on any atom is -0.466 e. The van der Waals surface area contributed by atoms with Gasteiger partial charge in [0.15, 0.2) is 10.0 Å². The molecule has 0 aliphatic rings. The maximum absolute atomic E-state index is 12.3. The number of esters is 1. The van der Waals surface area contributed by atoms with Crippen molar-refractivity contribution in [2.24, 2.45) is 0 Å². The molecule has 0 aliphatic carbocycles. The molecule has 0 atom stereocenters. The number of carbonyl (C=O) groups excluding carboxylic acids is 1. The van der Waals surface area contributed by atoms with Crippen molar-refractivity contribution in [3.8, 4) is 21.1 Å². The maximum Gasteiger partial charge on any atom is 0.310 e. The third-order valence-electron chi connectivity index (χ3n) is 4.43. The van der Waals surface area contributed by atoms with Crippen LogP contribution in [0.25, 0.3) is 31.4 Å². The Bertz CT molecular complexity index is 1200. The summed E-state index contributed by atoms with van der Waals surface area (Å²) in [5.41, 5.74) is 4.86. The van der Waals surface area contributed by atoms with E-state index in [-0.39, 0.29) is 12.4 Å². The number of fused-ring (bicyclic) bond motifs is 1. The summed E-state index contributed by atoms with van der Waals surface area (Å²) < 4.78 is 7.04. The van der Waals surface area contributed by atoms with Crippen LogP contribution < -0.4 is 0 Å². The molecular formula is C21H16BrClN2O2S2. The van der Waals surface area contributed by atoms with Gasteiger partial charge in [-0.25, -0.2) is 9.97 Å². The minimum atomic E-state index is -0.237. The monoisotopic (exact) mass is 506 g/mol. The van der Waals surface area contributed by atoms with Crippen LogP contribution in [0.1, 0.15) is 18.1 Å². The number of hydrogen-bond acceptors (Lipinski definition) is 6. The fraction of sp³-hybridized carbons (Fsp3) is 0.190. The first kappa shape index (κ1) is 20.5. The molecule has 0 unspecified atom stereocenters. The molecule has 0 saturated heterocycles. The van der Waals surface area contributed by atoms with Gasteiger partial charge < -0.3 is 4.74 Å². The minimum absolute atomic E-state index is 0.212. The third kappa shape index (κ3) is 4.23. The van der Waals surface area contributed by atoms with Crippen LogP contribution >= 0.6 is 50.2 Å². The van der Waals surface area contributed by atoms with E-state index in [9.17, 15) is 4.79 Å². The summed E-state index contributed by atoms with van der Waals surface area (Å²) in [4.78, 5) is 21.6. The Morgan fingerprint density at radius 2 is 1.97 bits per heavy atom. The van der Waals surface area contributed by atoms with E-state index in [2.05, 4.69) is 20.9 Å². The largest absolute Gasteiger partial charge is 0.466 e. The standard InChI is InChI=1S/C21H16BrClN2O2S2/c1-3-27-17(26)9-14-11(2)8-15-19(18(14)12-4-6-13(23)7-5-12)29-21(24-15)20-25-16(22)10-28-20/h4-8,10H,3,9H2,1-2H3. The zero-order chi connectivity index (χ0) is 20.5. The lowest BCUT2D eigenvalue weighted by molar-refractivity contribution is -0.142. The number of aryl methyl sites for hydroxylation is 1. The van der Waals surface area contributed by atoms with Gasteiger partial charge in [-0.3, -0.25) is 4.79 Å². The molecule has 0 fully saturated rings. The smallest absolute Gasteiger partial charge is 0.310 e. The number of halogens is 2. The molecular weight excluding hydrogens is 492 g/mol. The van der Waals surface area contributed by atoms with Crippen LogP contribution in [0.3, 0.4) is 0 Å². The maximum atomic E-state index is 12.3. The summed E-state index contributed by atoms with van der Waals surface area (Å²) >= 11 is 12.6. The predicted octanol–water partition coefficient (Wildman–Crippen LogP) is 6.92. The Morgan fingerprint density at radius 3 is 2.62 bits per heavy atom. The molecule has 0 spiro atoms. The Balaban J connectivity index is 1.95. The van der Waals surface area contributed by atoms with Gasteiger partial charge in [-0.05, 0) is 64.7 Å². The molecule has 0 saturated carbocycles. The first-order chi connectivity index (χ1) is 14.0. The van der Waals surface area contributed by atoms with Gasteiger partial charge in [0.25, 0.3) is 0 Å². The van der Waals surface area contributed by atoms with E-state index in [4.69, 9.17) is 21.3 Å². The molecule has 0 N–H and O–H groups in total. The lowest BCUT2D eigenvalue weighted by Gasteiger charge is -2.14. The van der Waals surface area contributed by atoms with Crippen molar-refractivity contribution in [3.63, 3.8) is 0 Å². The Kier molecular flexibility index (Phi) is 6.01. The van der Waals surface area contributed by atoms with E-state index in [0.29, 0.717) is 11.6 Å². The van der Waals surface area contributed by atoms with E-state index < -0.39 is 0 Å². The average molecular weight is 508 g/mol. The van der Waals surface area contributed by atoms with E-state index in [1.807, 2.05) is 49.6 Å². The topological polar surface area (TPSA) is 52.1 Å². The summed E-state index contributed by atoms with van der Waals surface area (Å²) in [7, 11) is 0. The Hall–Kier alpha value is -1.80. The molecule has 0 radical (unpaired) electrons. The van der Waals surface area contributed by atoms with Crippen LogP contribution in [0.2, 0.25) is 5.02 Å². The molecule has 4 nitrogen and oxygen atoms in total. The van der Waals surface area contributed by atoms with Crippen LogP contribution in [-0.2, 0) is 16.0 Å². The zero-order valence-corrected chi connectivity index (χ0v) is 19.6. The molecule has 0 aliphatic heterocycles. The van der Waals surface area contributed by atoms with E-state index in [1.165, 1.54) is 0 Å². The highest BCUT2D eigenvalue weighted by molar-refractivity contribution is 9.10. The molecule has 2 aromatic heterocycles. The van der Waals surface area contributed by atoms with Gasteiger partial charge in [-0.15, -0.1) is 22.7 Å². The number of benzene rings is 2. The Labute approximate surface area is 189 Å². The van der Waals surface area contributed by atoms with Crippen LogP contribution in [-0.4, -0.2) is 22.5 Å². The highest BCUT2D eigenvalue weighted by atomic mass is 79.9. The van der Waals surface area contributed by atoms with Crippen LogP contribution in [0.15, 0.2) is 40.3 Å². The van der Waals surface area contributed by atoms with Crippen molar-refractivity contribution < 1.29 is 9.53 Å². The third-order valence-corrected chi connectivity index (χ3v) is 7.46. The van der Waals surface area contributed by atoms with Crippen molar-refractivity contribution in [2.75, 3.05) is 6.61 Å². The molecule has 4 aromatic rings. The number of aromatic nitrogens is 2. The second-order valence-corrected chi connectivity index (χ2v) is 9.48. The zero-order valence-electron chi connectivity index (χ0n) is 15.7. The van der Waals surface area contributed by atoms with Gasteiger partial charge in [0.1, 0.15) is 4.60 Å². The second kappa shape index (κ2) is 8.52. The van der Waals surface area contributed by atoms with Gasteiger partial charge >= 0.3 is 5.97 Å². The molecule has 148 valence electrons. The van der Waals surface area contributed by atoms with E-state index >= 15 is 0 Å². The molecule has 2 heterocycles. The van der Waals surface area contributed by atoms with E-state index in [0.717, 1.165) is 47.1 Å². The summed E-state index contributed by atoms with van der Waals surface area (Å²) in [5.74, 6) is -0.237. The molecule has 4 rings (SSSR count). The van der Waals surface area contributed by atoms with Crippen LogP contribution in [0.4, 0.5) is 0 Å². The summed E-state index contributed by atoms with van der Waals surface area (Å²) in [6, 6.07) is 9.71. The molecule has 8 heteroatoms. The number of carbonyl (C=O) groups is 1. The fourth-order valence-electron chi connectivity index (χ4n) is 3.19. The number of nitrogens with zero attached hydrogens (tertiary/aromatic N) is 2. The first-order valence-electron chi connectivity index (χ1n) is 8.92. The van der Waals surface area contributed by atoms with Crippen molar-refractivity contribution in [1.29, 1.82) is 0 Å². The molecule has 0 bridgehead atoms. The second-order valence-electron chi connectivity index (χ2n) is 6.38. The van der Waals surface area contributed by atoms with Crippen molar-refractivity contribution >= 4 is 66.4 Å². The molecule has 29 heavy (non-hydrogen) atoms. The number of rotatable bonds is 5. The van der Waals surface area contributed by atoms with Gasteiger partial charge in [0, 0.05) is 16.0 Å². The fourth-order valence-corrected chi connectivity index (χ4v) is 5.74. The molecule has 0 amide bonds. The van der Waals surface area contributed by atoms with Gasteiger partial charge in [0.2, 0.25) is 0 Å². The quantitative estimate of drug-likeness (QED) is 0.275. The van der Waals surface area contributed by atoms with Gasteiger partial charge in [0.05, 0.1) is 23.2 Å². The normalized spacial score (nSPS) is 11.2. The van der Waals surface area contributed by atoms with E-state index in [1.54, 1.807) is 22.7 Å². The average Bonchev–Trinajstić information content (AvgIpc) is 3.29.